The van der Waals surface area contributed by atoms with Crippen molar-refractivity contribution in [2.45, 2.75) is 44.3 Å². The van der Waals surface area contributed by atoms with Crippen molar-refractivity contribution in [3.05, 3.63) is 22.4 Å². The van der Waals surface area contributed by atoms with Crippen LogP contribution in [0.1, 0.15) is 30.6 Å². The van der Waals surface area contributed by atoms with Gasteiger partial charge < -0.3 is 5.32 Å². The summed E-state index contributed by atoms with van der Waals surface area (Å²) in [5.74, 6) is -1.46. The summed E-state index contributed by atoms with van der Waals surface area (Å²) < 4.78 is 37.9. The Morgan fingerprint density at radius 3 is 2.84 bits per heavy atom. The van der Waals surface area contributed by atoms with E-state index in [0.717, 1.165) is 4.88 Å². The molecule has 1 aromatic heterocycles. The van der Waals surface area contributed by atoms with Crippen LogP contribution in [0.2, 0.25) is 0 Å². The van der Waals surface area contributed by atoms with Crippen LogP contribution >= 0.6 is 11.3 Å². The SMILES string of the molecule is O=C(Cc1cccs1)N[C@@H]1CCC[C@H](C(F)(F)F)C1. The molecule has 0 aromatic carbocycles. The van der Waals surface area contributed by atoms with Gasteiger partial charge in [0.05, 0.1) is 12.3 Å². The predicted molar refractivity (Wildman–Crippen MR) is 68.0 cm³/mol. The maximum Gasteiger partial charge on any atom is 0.391 e. The lowest BCUT2D eigenvalue weighted by Crippen LogP contribution is -2.42. The number of nitrogens with one attached hydrogen (secondary N) is 1. The number of hydrogen-bond donors (Lipinski definition) is 1. The van der Waals surface area contributed by atoms with Gasteiger partial charge in [0.2, 0.25) is 5.91 Å². The molecule has 0 aliphatic heterocycles. The molecule has 1 amide bonds. The van der Waals surface area contributed by atoms with Crippen molar-refractivity contribution in [3.8, 4) is 0 Å². The van der Waals surface area contributed by atoms with Crippen molar-refractivity contribution in [2.75, 3.05) is 0 Å². The van der Waals surface area contributed by atoms with Gasteiger partial charge in [-0.2, -0.15) is 13.2 Å². The van der Waals surface area contributed by atoms with Crippen molar-refractivity contribution < 1.29 is 18.0 Å². The fraction of sp³-hybridized carbons (Fsp3) is 0.615. The maximum atomic E-state index is 12.6. The summed E-state index contributed by atoms with van der Waals surface area (Å²) in [4.78, 5) is 12.7. The highest BCUT2D eigenvalue weighted by atomic mass is 32.1. The number of alkyl halides is 3. The third kappa shape index (κ3) is 4.23. The van der Waals surface area contributed by atoms with Gasteiger partial charge in [-0.3, -0.25) is 4.79 Å². The molecule has 1 N–H and O–H groups in total. The number of carbonyl (C=O) groups excluding carboxylic acids is 1. The van der Waals surface area contributed by atoms with Crippen LogP contribution in [0.15, 0.2) is 17.5 Å². The summed E-state index contributed by atoms with van der Waals surface area (Å²) in [5, 5.41) is 4.60. The minimum atomic E-state index is -4.14. The summed E-state index contributed by atoms with van der Waals surface area (Å²) in [5.41, 5.74) is 0. The molecule has 1 aromatic rings. The lowest BCUT2D eigenvalue weighted by atomic mass is 9.85. The molecule has 0 unspecified atom stereocenters. The molecule has 6 heteroatoms. The van der Waals surface area contributed by atoms with Crippen molar-refractivity contribution in [1.29, 1.82) is 0 Å². The van der Waals surface area contributed by atoms with E-state index in [1.807, 2.05) is 17.5 Å². The second-order valence-corrected chi connectivity index (χ2v) is 5.96. The van der Waals surface area contributed by atoms with Gasteiger partial charge >= 0.3 is 6.18 Å². The van der Waals surface area contributed by atoms with E-state index in [9.17, 15) is 18.0 Å². The lowest BCUT2D eigenvalue weighted by molar-refractivity contribution is -0.184. The number of carbonyl (C=O) groups is 1. The van der Waals surface area contributed by atoms with Crippen molar-refractivity contribution >= 4 is 17.2 Å². The Morgan fingerprint density at radius 1 is 1.42 bits per heavy atom. The third-order valence-electron chi connectivity index (χ3n) is 3.42. The average Bonchev–Trinajstić information content (AvgIpc) is 2.80. The zero-order chi connectivity index (χ0) is 13.9. The van der Waals surface area contributed by atoms with Crippen LogP contribution in [-0.2, 0) is 11.2 Å². The first-order chi connectivity index (χ1) is 8.95. The molecule has 1 aliphatic carbocycles. The maximum absolute atomic E-state index is 12.6. The normalized spacial score (nSPS) is 24.2. The Bertz CT molecular complexity index is 416. The molecular formula is C13H16F3NOS. The molecule has 0 saturated heterocycles. The smallest absolute Gasteiger partial charge is 0.353 e. The molecule has 0 spiro atoms. The summed E-state index contributed by atoms with van der Waals surface area (Å²) in [6, 6.07) is 3.37. The van der Waals surface area contributed by atoms with Crippen LogP contribution in [0.3, 0.4) is 0 Å². The first-order valence-electron chi connectivity index (χ1n) is 6.33. The van der Waals surface area contributed by atoms with E-state index in [0.29, 0.717) is 12.8 Å². The standard InChI is InChI=1S/C13H16F3NOS/c14-13(15,16)9-3-1-4-10(7-9)17-12(18)8-11-5-2-6-19-11/h2,5-6,9-10H,1,3-4,7-8H2,(H,17,18)/t9-,10+/m0/s1. The van der Waals surface area contributed by atoms with Crippen LogP contribution < -0.4 is 5.32 Å². The Hall–Kier alpha value is -1.04. The highest BCUT2D eigenvalue weighted by molar-refractivity contribution is 7.10. The zero-order valence-electron chi connectivity index (χ0n) is 10.4. The first kappa shape index (κ1) is 14.4. The van der Waals surface area contributed by atoms with E-state index >= 15 is 0 Å². The van der Waals surface area contributed by atoms with Crippen molar-refractivity contribution in [1.82, 2.24) is 5.32 Å². The Labute approximate surface area is 114 Å². The molecule has 1 aliphatic rings. The lowest BCUT2D eigenvalue weighted by Gasteiger charge is -2.31. The fourth-order valence-corrected chi connectivity index (χ4v) is 3.17. The molecule has 1 heterocycles. The van der Waals surface area contributed by atoms with E-state index < -0.39 is 12.1 Å². The molecule has 0 radical (unpaired) electrons. The highest BCUT2D eigenvalue weighted by Gasteiger charge is 2.42. The number of rotatable bonds is 3. The van der Waals surface area contributed by atoms with Gasteiger partial charge in [0.25, 0.3) is 0 Å². The molecule has 19 heavy (non-hydrogen) atoms. The van der Waals surface area contributed by atoms with Crippen molar-refractivity contribution in [3.63, 3.8) is 0 Å². The van der Waals surface area contributed by atoms with Gasteiger partial charge in [0.15, 0.2) is 0 Å². The monoisotopic (exact) mass is 291 g/mol. The molecule has 106 valence electrons. The number of amides is 1. The Morgan fingerprint density at radius 2 is 2.21 bits per heavy atom. The van der Waals surface area contributed by atoms with Crippen LogP contribution in [0.4, 0.5) is 13.2 Å². The Kier molecular flexibility index (Phi) is 4.50. The fourth-order valence-electron chi connectivity index (χ4n) is 2.47. The van der Waals surface area contributed by atoms with E-state index in [-0.39, 0.29) is 31.2 Å². The molecule has 2 rings (SSSR count). The predicted octanol–water partition coefficient (Wildman–Crippen LogP) is 3.53. The first-order valence-corrected chi connectivity index (χ1v) is 7.21. The van der Waals surface area contributed by atoms with E-state index in [1.54, 1.807) is 0 Å². The van der Waals surface area contributed by atoms with Crippen molar-refractivity contribution in [2.24, 2.45) is 5.92 Å². The van der Waals surface area contributed by atoms with Crippen LogP contribution in [0, 0.1) is 5.92 Å². The second kappa shape index (κ2) is 5.94. The number of hydrogen-bond acceptors (Lipinski definition) is 2. The molecule has 2 atom stereocenters. The van der Waals surface area contributed by atoms with E-state index in [4.69, 9.17) is 0 Å². The summed E-state index contributed by atoms with van der Waals surface area (Å²) in [6.07, 6.45) is -2.53. The van der Waals surface area contributed by atoms with Gasteiger partial charge in [0, 0.05) is 10.9 Å². The summed E-state index contributed by atoms with van der Waals surface area (Å²) >= 11 is 1.48. The number of thiophene rings is 1. The molecule has 1 saturated carbocycles. The second-order valence-electron chi connectivity index (χ2n) is 4.93. The summed E-state index contributed by atoms with van der Waals surface area (Å²) in [6.45, 7) is 0. The minimum Gasteiger partial charge on any atom is -0.353 e. The van der Waals surface area contributed by atoms with E-state index in [1.165, 1.54) is 11.3 Å². The van der Waals surface area contributed by atoms with Crippen LogP contribution in [0.25, 0.3) is 0 Å². The molecule has 0 bridgehead atoms. The Balaban J connectivity index is 1.83. The van der Waals surface area contributed by atoms with Gasteiger partial charge in [-0.15, -0.1) is 11.3 Å². The van der Waals surface area contributed by atoms with Gasteiger partial charge in [-0.25, -0.2) is 0 Å². The molecule has 2 nitrogen and oxygen atoms in total. The van der Waals surface area contributed by atoms with Crippen LogP contribution in [0.5, 0.6) is 0 Å². The molecule has 1 fully saturated rings. The van der Waals surface area contributed by atoms with Gasteiger partial charge in [-0.05, 0) is 30.7 Å². The topological polar surface area (TPSA) is 29.1 Å². The minimum absolute atomic E-state index is 0.0136. The third-order valence-corrected chi connectivity index (χ3v) is 4.29. The summed E-state index contributed by atoms with van der Waals surface area (Å²) in [7, 11) is 0. The van der Waals surface area contributed by atoms with Gasteiger partial charge in [0.1, 0.15) is 0 Å². The number of halogens is 3. The largest absolute Gasteiger partial charge is 0.391 e. The van der Waals surface area contributed by atoms with Crippen LogP contribution in [-0.4, -0.2) is 18.1 Å². The molecular weight excluding hydrogens is 275 g/mol. The van der Waals surface area contributed by atoms with Gasteiger partial charge in [-0.1, -0.05) is 12.5 Å². The quantitative estimate of drug-likeness (QED) is 0.907. The van der Waals surface area contributed by atoms with E-state index in [2.05, 4.69) is 5.32 Å². The highest BCUT2D eigenvalue weighted by Crippen LogP contribution is 2.37. The average molecular weight is 291 g/mol. The zero-order valence-corrected chi connectivity index (χ0v) is 11.2.